The third-order valence-corrected chi connectivity index (χ3v) is 2.46. The monoisotopic (exact) mass is 166 g/mol. The van der Waals surface area contributed by atoms with Crippen molar-refractivity contribution in [2.24, 2.45) is 0 Å². The second-order valence-corrected chi connectivity index (χ2v) is 3.31. The van der Waals surface area contributed by atoms with Gasteiger partial charge in [-0.25, -0.2) is 0 Å². The molecule has 0 aromatic heterocycles. The van der Waals surface area contributed by atoms with Gasteiger partial charge in [0.2, 0.25) is 0 Å². The van der Waals surface area contributed by atoms with Gasteiger partial charge in [-0.2, -0.15) is 11.8 Å². The van der Waals surface area contributed by atoms with Crippen LogP contribution < -0.4 is 0 Å². The molecular weight excluding hydrogens is 151 g/mol. The first-order valence-electron chi connectivity index (χ1n) is 3.47. The summed E-state index contributed by atoms with van der Waals surface area (Å²) >= 11 is 1.75. The summed E-state index contributed by atoms with van der Waals surface area (Å²) in [6.07, 6.45) is 0.964. The zero-order chi connectivity index (χ0) is 7.82. The maximum Gasteiger partial charge on any atom is 0.0902 e. The number of thioether (sulfide) groups is 1. The van der Waals surface area contributed by atoms with E-state index in [2.05, 4.69) is 0 Å². The molecule has 1 nitrogen and oxygen atoms in total. The van der Waals surface area contributed by atoms with Gasteiger partial charge in [0.1, 0.15) is 0 Å². The minimum absolute atomic E-state index is 0.200. The number of halogens is 1. The summed E-state index contributed by atoms with van der Waals surface area (Å²) < 4.78 is 16.6. The van der Waals surface area contributed by atoms with Gasteiger partial charge in [0.05, 0.1) is 12.8 Å². The fourth-order valence-electron chi connectivity index (χ4n) is 0.474. The van der Waals surface area contributed by atoms with Crippen molar-refractivity contribution >= 4 is 11.8 Å². The largest absolute Gasteiger partial charge is 0.381 e. The first kappa shape index (κ1) is 10.2. The van der Waals surface area contributed by atoms with Crippen LogP contribution in [0.25, 0.3) is 0 Å². The predicted octanol–water partition coefficient (Wildman–Crippen LogP) is 2.11. The Morgan fingerprint density at radius 1 is 1.60 bits per heavy atom. The smallest absolute Gasteiger partial charge is 0.0902 e. The standard InChI is InChI=1S/C7H15FOS/c1-7(9-2)6-10-5-3-4-8/h7H,3-6H2,1-2H3. The highest BCUT2D eigenvalue weighted by Gasteiger charge is 1.97. The predicted molar refractivity (Wildman–Crippen MR) is 44.4 cm³/mol. The second-order valence-electron chi connectivity index (χ2n) is 2.16. The quantitative estimate of drug-likeness (QED) is 0.559. The molecule has 3 heteroatoms. The average molecular weight is 166 g/mol. The zero-order valence-corrected chi connectivity index (χ0v) is 7.42. The number of ether oxygens (including phenoxy) is 1. The summed E-state index contributed by atoms with van der Waals surface area (Å²) in [4.78, 5) is 0. The Bertz CT molecular complexity index is 70.6. The van der Waals surface area contributed by atoms with Crippen LogP contribution >= 0.6 is 11.8 Å². The van der Waals surface area contributed by atoms with Crippen LogP contribution in [0.2, 0.25) is 0 Å². The van der Waals surface area contributed by atoms with Crippen molar-refractivity contribution in [1.82, 2.24) is 0 Å². The lowest BCUT2D eigenvalue weighted by Gasteiger charge is -2.07. The number of alkyl halides is 1. The van der Waals surface area contributed by atoms with Gasteiger partial charge in [0.25, 0.3) is 0 Å². The minimum Gasteiger partial charge on any atom is -0.381 e. The Kier molecular flexibility index (Phi) is 7.52. The van der Waals surface area contributed by atoms with E-state index in [-0.39, 0.29) is 6.67 Å². The molecular formula is C7H15FOS. The number of hydrogen-bond donors (Lipinski definition) is 0. The molecule has 0 bridgehead atoms. The molecule has 0 N–H and O–H groups in total. The molecule has 0 saturated carbocycles. The van der Waals surface area contributed by atoms with E-state index in [1.54, 1.807) is 18.9 Å². The van der Waals surface area contributed by atoms with E-state index in [9.17, 15) is 4.39 Å². The summed E-state index contributed by atoms with van der Waals surface area (Å²) in [7, 11) is 1.69. The van der Waals surface area contributed by atoms with E-state index >= 15 is 0 Å². The molecule has 1 atom stereocenters. The fourth-order valence-corrected chi connectivity index (χ4v) is 1.42. The summed E-state index contributed by atoms with van der Waals surface area (Å²) in [5, 5.41) is 0. The maximum absolute atomic E-state index is 11.6. The molecule has 0 rings (SSSR count). The molecule has 0 aromatic carbocycles. The van der Waals surface area contributed by atoms with Crippen LogP contribution in [-0.2, 0) is 4.74 Å². The van der Waals surface area contributed by atoms with Crippen molar-refractivity contribution in [2.75, 3.05) is 25.3 Å². The van der Waals surface area contributed by atoms with Crippen LogP contribution in [-0.4, -0.2) is 31.4 Å². The van der Waals surface area contributed by atoms with Crippen molar-refractivity contribution in [1.29, 1.82) is 0 Å². The first-order valence-corrected chi connectivity index (χ1v) is 4.63. The van der Waals surface area contributed by atoms with Gasteiger partial charge < -0.3 is 4.74 Å². The highest BCUT2D eigenvalue weighted by molar-refractivity contribution is 7.99. The SMILES string of the molecule is COC(C)CSCCCF. The molecule has 0 saturated heterocycles. The molecule has 0 spiro atoms. The van der Waals surface area contributed by atoms with Gasteiger partial charge in [-0.15, -0.1) is 0 Å². The lowest BCUT2D eigenvalue weighted by molar-refractivity contribution is 0.138. The maximum atomic E-state index is 11.6. The van der Waals surface area contributed by atoms with Gasteiger partial charge in [0, 0.05) is 12.9 Å². The molecule has 0 aliphatic rings. The molecule has 0 aliphatic heterocycles. The molecule has 0 fully saturated rings. The molecule has 0 radical (unpaired) electrons. The van der Waals surface area contributed by atoms with Gasteiger partial charge in [-0.1, -0.05) is 0 Å². The van der Waals surface area contributed by atoms with Gasteiger partial charge in [-0.05, 0) is 19.1 Å². The third kappa shape index (κ3) is 6.36. The first-order chi connectivity index (χ1) is 4.81. The van der Waals surface area contributed by atoms with E-state index in [0.717, 1.165) is 11.5 Å². The van der Waals surface area contributed by atoms with Crippen molar-refractivity contribution in [3.63, 3.8) is 0 Å². The van der Waals surface area contributed by atoms with Crippen molar-refractivity contribution < 1.29 is 9.13 Å². The van der Waals surface area contributed by atoms with Crippen molar-refractivity contribution in [3.8, 4) is 0 Å². The molecule has 0 amide bonds. The lowest BCUT2D eigenvalue weighted by atomic mass is 10.5. The van der Waals surface area contributed by atoms with E-state index < -0.39 is 0 Å². The summed E-state index contributed by atoms with van der Waals surface area (Å²) in [5.74, 6) is 1.88. The van der Waals surface area contributed by atoms with Crippen LogP contribution in [0.15, 0.2) is 0 Å². The number of hydrogen-bond acceptors (Lipinski definition) is 2. The molecule has 0 aliphatic carbocycles. The van der Waals surface area contributed by atoms with Crippen LogP contribution in [0, 0.1) is 0 Å². The normalized spacial score (nSPS) is 13.5. The Hall–Kier alpha value is 0.240. The third-order valence-electron chi connectivity index (χ3n) is 1.18. The molecule has 10 heavy (non-hydrogen) atoms. The lowest BCUT2D eigenvalue weighted by Crippen LogP contribution is -2.07. The zero-order valence-electron chi connectivity index (χ0n) is 6.60. The Labute approximate surface area is 66.3 Å². The summed E-state index contributed by atoms with van der Waals surface area (Å²) in [6.45, 7) is 1.82. The second kappa shape index (κ2) is 7.35. The summed E-state index contributed by atoms with van der Waals surface area (Å²) in [6, 6.07) is 0. The fraction of sp³-hybridized carbons (Fsp3) is 1.00. The highest BCUT2D eigenvalue weighted by Crippen LogP contribution is 2.06. The van der Waals surface area contributed by atoms with E-state index in [4.69, 9.17) is 4.74 Å². The molecule has 0 aromatic rings. The van der Waals surface area contributed by atoms with Gasteiger partial charge in [0.15, 0.2) is 0 Å². The minimum atomic E-state index is -0.200. The average Bonchev–Trinajstić information content (AvgIpc) is 1.98. The Morgan fingerprint density at radius 2 is 2.30 bits per heavy atom. The van der Waals surface area contributed by atoms with Crippen LogP contribution in [0.1, 0.15) is 13.3 Å². The van der Waals surface area contributed by atoms with Crippen molar-refractivity contribution in [2.45, 2.75) is 19.4 Å². The Balaban J connectivity index is 2.89. The van der Waals surface area contributed by atoms with E-state index in [1.165, 1.54) is 0 Å². The number of methoxy groups -OCH3 is 1. The van der Waals surface area contributed by atoms with Gasteiger partial charge >= 0.3 is 0 Å². The highest BCUT2D eigenvalue weighted by atomic mass is 32.2. The molecule has 1 unspecified atom stereocenters. The topological polar surface area (TPSA) is 9.23 Å². The number of rotatable bonds is 6. The van der Waals surface area contributed by atoms with Crippen molar-refractivity contribution in [3.05, 3.63) is 0 Å². The summed E-state index contributed by atoms with van der Waals surface area (Å²) in [5.41, 5.74) is 0. The van der Waals surface area contributed by atoms with Crippen LogP contribution in [0.4, 0.5) is 4.39 Å². The Morgan fingerprint density at radius 3 is 2.80 bits per heavy atom. The van der Waals surface area contributed by atoms with E-state index in [1.807, 2.05) is 6.92 Å². The van der Waals surface area contributed by atoms with Gasteiger partial charge in [-0.3, -0.25) is 4.39 Å². The van der Waals surface area contributed by atoms with Crippen LogP contribution in [0.3, 0.4) is 0 Å². The van der Waals surface area contributed by atoms with E-state index in [0.29, 0.717) is 12.5 Å². The molecule has 62 valence electrons. The van der Waals surface area contributed by atoms with Crippen LogP contribution in [0.5, 0.6) is 0 Å². The molecule has 0 heterocycles.